The molecule has 88 valence electrons. The summed E-state index contributed by atoms with van der Waals surface area (Å²) in [4.78, 5) is 4.85. The minimum Gasteiger partial charge on any atom is -0.331 e. The number of fused-ring (bicyclic) bond motifs is 3. The number of hydrogen-bond acceptors (Lipinski definition) is 1. The molecule has 1 aliphatic heterocycles. The second kappa shape index (κ2) is 3.35. The van der Waals surface area contributed by atoms with Gasteiger partial charge in [-0.25, -0.2) is 4.98 Å². The summed E-state index contributed by atoms with van der Waals surface area (Å²) >= 11 is 0. The lowest BCUT2D eigenvalue weighted by Gasteiger charge is -2.31. The fourth-order valence-electron chi connectivity index (χ4n) is 3.17. The van der Waals surface area contributed by atoms with Crippen molar-refractivity contribution in [2.24, 2.45) is 11.3 Å². The van der Waals surface area contributed by atoms with Gasteiger partial charge in [0.05, 0.1) is 5.69 Å². The lowest BCUT2D eigenvalue weighted by atomic mass is 9.78. The van der Waals surface area contributed by atoms with Crippen molar-refractivity contribution in [2.45, 2.75) is 59.4 Å². The van der Waals surface area contributed by atoms with Gasteiger partial charge in [0.1, 0.15) is 5.82 Å². The van der Waals surface area contributed by atoms with E-state index in [0.717, 1.165) is 5.92 Å². The van der Waals surface area contributed by atoms with E-state index < -0.39 is 0 Å². The Bertz CT molecular complexity index is 415. The van der Waals surface area contributed by atoms with E-state index >= 15 is 0 Å². The van der Waals surface area contributed by atoms with Crippen molar-refractivity contribution in [2.75, 3.05) is 0 Å². The molecule has 2 aliphatic rings. The van der Waals surface area contributed by atoms with Crippen molar-refractivity contribution in [1.82, 2.24) is 9.55 Å². The minimum atomic E-state index is 0.477. The zero-order valence-electron chi connectivity index (χ0n) is 10.7. The second-order valence-corrected chi connectivity index (χ2v) is 6.52. The van der Waals surface area contributed by atoms with Gasteiger partial charge in [0.25, 0.3) is 0 Å². The fraction of sp³-hybridized carbons (Fsp3) is 0.786. The van der Waals surface area contributed by atoms with Gasteiger partial charge >= 0.3 is 0 Å². The fourth-order valence-corrected chi connectivity index (χ4v) is 3.17. The molecular formula is C14H22N2. The maximum absolute atomic E-state index is 4.85. The highest BCUT2D eigenvalue weighted by atomic mass is 15.1. The molecule has 1 unspecified atom stereocenters. The smallest absolute Gasteiger partial charge is 0.109 e. The Morgan fingerprint density at radius 1 is 1.31 bits per heavy atom. The summed E-state index contributed by atoms with van der Waals surface area (Å²) in [5.41, 5.74) is 3.44. The number of aryl methyl sites for hydroxylation is 2. The highest BCUT2D eigenvalue weighted by molar-refractivity contribution is 5.23. The first-order chi connectivity index (χ1) is 7.55. The predicted molar refractivity (Wildman–Crippen MR) is 65.5 cm³/mol. The van der Waals surface area contributed by atoms with Crippen LogP contribution in [0.4, 0.5) is 0 Å². The average Bonchev–Trinajstić information content (AvgIpc) is 2.55. The van der Waals surface area contributed by atoms with Gasteiger partial charge in [-0.2, -0.15) is 0 Å². The quantitative estimate of drug-likeness (QED) is 0.654. The first-order valence-corrected chi connectivity index (χ1v) is 6.62. The van der Waals surface area contributed by atoms with E-state index in [4.69, 9.17) is 4.98 Å². The molecule has 0 aromatic carbocycles. The SMILES string of the molecule is CC1CCc2nc3c(n2C1)CC(C)(C)CC3. The van der Waals surface area contributed by atoms with Crippen LogP contribution in [0.3, 0.4) is 0 Å². The van der Waals surface area contributed by atoms with Gasteiger partial charge in [-0.05, 0) is 37.0 Å². The summed E-state index contributed by atoms with van der Waals surface area (Å²) in [6, 6.07) is 0. The van der Waals surface area contributed by atoms with Gasteiger partial charge in [-0.1, -0.05) is 20.8 Å². The lowest BCUT2D eigenvalue weighted by molar-refractivity contribution is 0.296. The molecule has 0 spiro atoms. The number of nitrogens with zero attached hydrogens (tertiary/aromatic N) is 2. The molecule has 0 saturated carbocycles. The Kier molecular flexibility index (Phi) is 2.17. The zero-order chi connectivity index (χ0) is 11.3. The van der Waals surface area contributed by atoms with Crippen LogP contribution in [0.1, 0.15) is 50.8 Å². The number of rotatable bonds is 0. The van der Waals surface area contributed by atoms with Crippen LogP contribution in [0.2, 0.25) is 0 Å². The molecule has 0 N–H and O–H groups in total. The third-order valence-corrected chi connectivity index (χ3v) is 4.27. The summed E-state index contributed by atoms with van der Waals surface area (Å²) in [7, 11) is 0. The van der Waals surface area contributed by atoms with Gasteiger partial charge in [-0.3, -0.25) is 0 Å². The van der Waals surface area contributed by atoms with Crippen LogP contribution in [-0.2, 0) is 25.8 Å². The molecule has 0 bridgehead atoms. The first-order valence-electron chi connectivity index (χ1n) is 6.62. The van der Waals surface area contributed by atoms with Gasteiger partial charge in [-0.15, -0.1) is 0 Å². The first kappa shape index (κ1) is 10.4. The van der Waals surface area contributed by atoms with Crippen LogP contribution in [0, 0.1) is 11.3 Å². The highest BCUT2D eigenvalue weighted by Gasteiger charge is 2.31. The molecule has 3 rings (SSSR count). The summed E-state index contributed by atoms with van der Waals surface area (Å²) in [6.07, 6.45) is 6.22. The van der Waals surface area contributed by atoms with Crippen molar-refractivity contribution in [3.63, 3.8) is 0 Å². The van der Waals surface area contributed by atoms with Crippen LogP contribution < -0.4 is 0 Å². The van der Waals surface area contributed by atoms with Crippen LogP contribution >= 0.6 is 0 Å². The molecule has 2 heterocycles. The van der Waals surface area contributed by atoms with Gasteiger partial charge in [0.2, 0.25) is 0 Å². The van der Waals surface area contributed by atoms with Gasteiger partial charge in [0, 0.05) is 18.7 Å². The van der Waals surface area contributed by atoms with Crippen LogP contribution in [0.5, 0.6) is 0 Å². The maximum atomic E-state index is 4.85. The number of hydrogen-bond donors (Lipinski definition) is 0. The third-order valence-electron chi connectivity index (χ3n) is 4.27. The van der Waals surface area contributed by atoms with E-state index in [-0.39, 0.29) is 0 Å². The van der Waals surface area contributed by atoms with E-state index in [9.17, 15) is 0 Å². The van der Waals surface area contributed by atoms with Crippen molar-refractivity contribution >= 4 is 0 Å². The Labute approximate surface area is 98.1 Å². The molecule has 1 aromatic rings. The van der Waals surface area contributed by atoms with E-state index in [1.807, 2.05) is 0 Å². The molecule has 1 aromatic heterocycles. The highest BCUT2D eigenvalue weighted by Crippen LogP contribution is 2.36. The number of imidazole rings is 1. The average molecular weight is 218 g/mol. The van der Waals surface area contributed by atoms with Crippen LogP contribution in [0.15, 0.2) is 0 Å². The largest absolute Gasteiger partial charge is 0.331 e. The summed E-state index contributed by atoms with van der Waals surface area (Å²) in [5, 5.41) is 0. The van der Waals surface area contributed by atoms with Crippen molar-refractivity contribution in [3.8, 4) is 0 Å². The van der Waals surface area contributed by atoms with Gasteiger partial charge in [0.15, 0.2) is 0 Å². The summed E-state index contributed by atoms with van der Waals surface area (Å²) in [6.45, 7) is 8.35. The molecular weight excluding hydrogens is 196 g/mol. The Balaban J connectivity index is 2.02. The molecule has 2 heteroatoms. The molecule has 0 amide bonds. The van der Waals surface area contributed by atoms with Crippen LogP contribution in [0.25, 0.3) is 0 Å². The molecule has 0 radical (unpaired) electrons. The molecule has 1 atom stereocenters. The molecule has 0 fully saturated rings. The van der Waals surface area contributed by atoms with Crippen LogP contribution in [-0.4, -0.2) is 9.55 Å². The van der Waals surface area contributed by atoms with E-state index in [2.05, 4.69) is 25.3 Å². The third kappa shape index (κ3) is 1.59. The molecule has 1 aliphatic carbocycles. The predicted octanol–water partition coefficient (Wildman–Crippen LogP) is 2.98. The maximum Gasteiger partial charge on any atom is 0.109 e. The molecule has 0 saturated heterocycles. The monoisotopic (exact) mass is 218 g/mol. The standard InChI is InChI=1S/C14H22N2/c1-10-4-5-13-15-11-6-7-14(2,3)8-12(11)16(13)9-10/h10H,4-9H2,1-3H3. The second-order valence-electron chi connectivity index (χ2n) is 6.52. The van der Waals surface area contributed by atoms with E-state index in [1.54, 1.807) is 5.69 Å². The van der Waals surface area contributed by atoms with Crippen molar-refractivity contribution in [3.05, 3.63) is 17.2 Å². The van der Waals surface area contributed by atoms with Crippen molar-refractivity contribution < 1.29 is 0 Å². The van der Waals surface area contributed by atoms with Gasteiger partial charge < -0.3 is 4.57 Å². The normalized spacial score (nSPS) is 27.3. The van der Waals surface area contributed by atoms with Crippen molar-refractivity contribution in [1.29, 1.82) is 0 Å². The minimum absolute atomic E-state index is 0.477. The summed E-state index contributed by atoms with van der Waals surface area (Å²) in [5.74, 6) is 2.19. The topological polar surface area (TPSA) is 17.8 Å². The Morgan fingerprint density at radius 3 is 2.94 bits per heavy atom. The zero-order valence-corrected chi connectivity index (χ0v) is 10.7. The Hall–Kier alpha value is -0.790. The van der Waals surface area contributed by atoms with E-state index in [0.29, 0.717) is 5.41 Å². The lowest BCUT2D eigenvalue weighted by Crippen LogP contribution is -2.26. The number of aromatic nitrogens is 2. The molecule has 2 nitrogen and oxygen atoms in total. The summed E-state index contributed by atoms with van der Waals surface area (Å²) < 4.78 is 2.53. The Morgan fingerprint density at radius 2 is 2.12 bits per heavy atom. The molecule has 16 heavy (non-hydrogen) atoms. The van der Waals surface area contributed by atoms with E-state index in [1.165, 1.54) is 50.2 Å².